The zero-order valence-electron chi connectivity index (χ0n) is 27.3. The van der Waals surface area contributed by atoms with Crippen molar-refractivity contribution >= 4 is 40.2 Å². The van der Waals surface area contributed by atoms with E-state index in [0.717, 1.165) is 5.56 Å². The second-order valence-electron chi connectivity index (χ2n) is 11.7. The fraction of sp³-hybridized carbons (Fsp3) is 0.536. The van der Waals surface area contributed by atoms with Crippen LogP contribution in [0.25, 0.3) is 0 Å². The number of rotatable bonds is 15. The molecule has 3 atom stereocenters. The molecule has 7 N–H and O–H groups in total. The van der Waals surface area contributed by atoms with Gasteiger partial charge in [-0.2, -0.15) is 0 Å². The predicted molar refractivity (Wildman–Crippen MR) is 176 cm³/mol. The van der Waals surface area contributed by atoms with E-state index >= 15 is 0 Å². The van der Waals surface area contributed by atoms with Crippen molar-refractivity contribution in [1.82, 2.24) is 30.8 Å². The molecular weight excluding hydrogens is 685 g/mol. The molecule has 1 fully saturated rings. The highest BCUT2D eigenvalue weighted by atomic mass is 31.2. The number of carbonyl (C=O) groups is 3. The Bertz CT molecular complexity index is 1440. The molecule has 0 unspecified atom stereocenters. The lowest BCUT2D eigenvalue weighted by Gasteiger charge is -2.35. The number of hydrogen-bond acceptors (Lipinski definition) is 11. The van der Waals surface area contributed by atoms with Crippen LogP contribution in [-0.4, -0.2) is 116 Å². The molecule has 0 spiro atoms. The molecule has 0 bridgehead atoms. The molecule has 1 aliphatic heterocycles. The second kappa shape index (κ2) is 18.7. The Hall–Kier alpha value is -3.25. The van der Waals surface area contributed by atoms with Gasteiger partial charge in [-0.25, -0.2) is 9.78 Å². The van der Waals surface area contributed by atoms with Crippen molar-refractivity contribution in [3.8, 4) is 0 Å². The third kappa shape index (κ3) is 13.2. The van der Waals surface area contributed by atoms with E-state index in [-0.39, 0.29) is 50.3 Å². The minimum atomic E-state index is -5.37. The van der Waals surface area contributed by atoms with Crippen LogP contribution in [0.1, 0.15) is 36.8 Å². The highest BCUT2D eigenvalue weighted by molar-refractivity contribution is 7.70. The molecule has 21 heteroatoms. The summed E-state index contributed by atoms with van der Waals surface area (Å²) in [6.07, 6.45) is 2.94. The summed E-state index contributed by atoms with van der Waals surface area (Å²) in [5, 5.41) is 7.37. The minimum absolute atomic E-state index is 0.0641. The quantitative estimate of drug-likeness (QED) is 0.0964. The molecule has 0 saturated carbocycles. The molecule has 1 saturated heterocycles. The number of nitrogens with one attached hydrogen (secondary N) is 3. The van der Waals surface area contributed by atoms with Crippen molar-refractivity contribution < 1.29 is 57.1 Å². The van der Waals surface area contributed by atoms with Crippen molar-refractivity contribution in [2.75, 3.05) is 39.5 Å². The second-order valence-corrected chi connectivity index (χ2v) is 15.5. The summed E-state index contributed by atoms with van der Waals surface area (Å²) in [6.45, 7) is 6.89. The highest BCUT2D eigenvalue weighted by Gasteiger charge is 2.45. The Labute approximate surface area is 284 Å². The number of amides is 3. The Morgan fingerprint density at radius 2 is 1.59 bits per heavy atom. The van der Waals surface area contributed by atoms with Crippen LogP contribution in [0.5, 0.6) is 0 Å². The van der Waals surface area contributed by atoms with Gasteiger partial charge in [-0.1, -0.05) is 51.1 Å². The van der Waals surface area contributed by atoms with Gasteiger partial charge in [0.15, 0.2) is 0 Å². The fourth-order valence-electron chi connectivity index (χ4n) is 4.80. The average molecular weight is 728 g/mol. The first-order valence-electron chi connectivity index (χ1n) is 15.5. The molecule has 0 aliphatic carbocycles. The summed E-state index contributed by atoms with van der Waals surface area (Å²) in [6, 6.07) is 8.29. The maximum atomic E-state index is 13.8. The summed E-state index contributed by atoms with van der Waals surface area (Å²) in [5.41, 5.74) is -1.83. The van der Waals surface area contributed by atoms with Gasteiger partial charge in [0.1, 0.15) is 18.3 Å². The van der Waals surface area contributed by atoms with E-state index in [2.05, 4.69) is 20.6 Å². The number of alkyl carbamates (subject to hydrolysis) is 1. The van der Waals surface area contributed by atoms with Gasteiger partial charge in [-0.15, -0.1) is 0 Å². The fourth-order valence-corrected chi connectivity index (χ4v) is 6.91. The molecule has 0 radical (unpaired) electrons. The largest absolute Gasteiger partial charge is 0.481 e. The Kier molecular flexibility index (Phi) is 15.3. The highest BCUT2D eigenvalue weighted by Crippen LogP contribution is 2.58. The zero-order chi connectivity index (χ0) is 36.2. The molecular formula is C28H43BN6O12P2. The van der Waals surface area contributed by atoms with Crippen LogP contribution < -0.4 is 16.0 Å². The van der Waals surface area contributed by atoms with Gasteiger partial charge < -0.3 is 44.3 Å². The first kappa shape index (κ1) is 40.2. The van der Waals surface area contributed by atoms with Gasteiger partial charge in [0, 0.05) is 51.7 Å². The number of nitrogens with zero attached hydrogens (tertiary/aromatic N) is 3. The SMILES string of the molecule is CC(C)[C@H](C)[C@@H](NC(=O)[C@@H](Cc1ccccc1)NC(=O)c1cnccn1)B1OCCN(CCOC(=O)NC(P(=O)(O)O)P(=O)(O)O)CCO1. The van der Waals surface area contributed by atoms with Crippen LogP contribution in [-0.2, 0) is 34.4 Å². The predicted octanol–water partition coefficient (Wildman–Crippen LogP) is 0.336. The first-order chi connectivity index (χ1) is 23.1. The van der Waals surface area contributed by atoms with Crippen LogP contribution in [0.2, 0.25) is 0 Å². The van der Waals surface area contributed by atoms with Gasteiger partial charge in [-0.05, 0) is 17.4 Å². The van der Waals surface area contributed by atoms with E-state index in [1.807, 2.05) is 56.0 Å². The van der Waals surface area contributed by atoms with Gasteiger partial charge >= 0.3 is 28.4 Å². The maximum Gasteiger partial charge on any atom is 0.481 e. The van der Waals surface area contributed by atoms with E-state index in [1.165, 1.54) is 23.9 Å². The number of aromatic nitrogens is 2. The summed E-state index contributed by atoms with van der Waals surface area (Å²) < 4.78 is 39.8. The Morgan fingerprint density at radius 3 is 2.14 bits per heavy atom. The number of carbonyl (C=O) groups excluding carboxylic acids is 3. The average Bonchev–Trinajstić information content (AvgIpc) is 3.02. The van der Waals surface area contributed by atoms with Crippen LogP contribution in [0.4, 0.5) is 4.79 Å². The van der Waals surface area contributed by atoms with Crippen molar-refractivity contribution in [3.05, 3.63) is 60.2 Å². The molecule has 49 heavy (non-hydrogen) atoms. The van der Waals surface area contributed by atoms with Crippen molar-refractivity contribution in [2.45, 2.75) is 44.7 Å². The maximum absolute atomic E-state index is 13.8. The van der Waals surface area contributed by atoms with Crippen molar-refractivity contribution in [2.24, 2.45) is 11.8 Å². The molecule has 270 valence electrons. The van der Waals surface area contributed by atoms with Crippen LogP contribution in [0.15, 0.2) is 48.9 Å². The van der Waals surface area contributed by atoms with Gasteiger partial charge in [-0.3, -0.25) is 33.9 Å². The summed E-state index contributed by atoms with van der Waals surface area (Å²) in [5.74, 6) is -1.60. The van der Waals surface area contributed by atoms with Crippen LogP contribution >= 0.6 is 15.2 Å². The number of ether oxygens (including phenoxy) is 1. The third-order valence-corrected chi connectivity index (χ3v) is 11.2. The van der Waals surface area contributed by atoms with E-state index < -0.39 is 57.7 Å². The van der Waals surface area contributed by atoms with E-state index in [9.17, 15) is 23.5 Å². The minimum Gasteiger partial charge on any atom is -0.448 e. The first-order valence-corrected chi connectivity index (χ1v) is 18.8. The molecule has 1 aliphatic rings. The van der Waals surface area contributed by atoms with Gasteiger partial charge in [0.05, 0.1) is 12.1 Å². The molecule has 2 aromatic rings. The summed E-state index contributed by atoms with van der Waals surface area (Å²) >= 11 is 0. The van der Waals surface area contributed by atoms with Crippen molar-refractivity contribution in [1.29, 1.82) is 0 Å². The zero-order valence-corrected chi connectivity index (χ0v) is 29.1. The lowest BCUT2D eigenvalue weighted by molar-refractivity contribution is -0.123. The van der Waals surface area contributed by atoms with E-state index in [1.54, 1.807) is 0 Å². The van der Waals surface area contributed by atoms with Crippen LogP contribution in [0.3, 0.4) is 0 Å². The summed E-state index contributed by atoms with van der Waals surface area (Å²) in [4.78, 5) is 85.2. The monoisotopic (exact) mass is 728 g/mol. The Morgan fingerprint density at radius 1 is 0.959 bits per heavy atom. The van der Waals surface area contributed by atoms with Gasteiger partial charge in [0.25, 0.3) is 5.91 Å². The number of benzene rings is 1. The molecule has 2 heterocycles. The molecule has 3 rings (SSSR count). The molecule has 1 aromatic heterocycles. The standard InChI is InChI=1S/C28H43BN6O12P2/c1-19(2)20(3)24(33-25(36)22(17-21-7-5-4-6-8-21)32-26(37)23-18-30-9-10-31-23)29-46-15-12-35(13-16-47-29)11-14-45-27(38)34-28(48(39,40)41)49(42,43)44/h4-10,18-20,22,24,28H,11-17H2,1-3H3,(H,32,37)(H,33,36)(H,34,38)(H2,39,40,41)(H2,42,43,44)/t20-,22+,24+/m0/s1. The Balaban J connectivity index is 1.62. The van der Waals surface area contributed by atoms with Crippen molar-refractivity contribution in [3.63, 3.8) is 0 Å². The van der Waals surface area contributed by atoms with E-state index in [0.29, 0.717) is 13.1 Å². The normalized spacial score (nSPS) is 16.6. The molecule has 3 amide bonds. The lowest BCUT2D eigenvalue weighted by Crippen LogP contribution is -2.59. The van der Waals surface area contributed by atoms with Gasteiger partial charge in [0.2, 0.25) is 11.4 Å². The van der Waals surface area contributed by atoms with E-state index in [4.69, 9.17) is 33.6 Å². The third-order valence-electron chi connectivity index (χ3n) is 7.82. The smallest absolute Gasteiger partial charge is 0.448 e. The van der Waals surface area contributed by atoms with Crippen LogP contribution in [0, 0.1) is 11.8 Å². The molecule has 18 nitrogen and oxygen atoms in total. The topological polar surface area (TPSA) is 259 Å². The number of hydrogen-bond donors (Lipinski definition) is 7. The lowest BCUT2D eigenvalue weighted by atomic mass is 9.67. The summed E-state index contributed by atoms with van der Waals surface area (Å²) in [7, 11) is -11.6. The molecule has 1 aromatic carbocycles.